The summed E-state index contributed by atoms with van der Waals surface area (Å²) in [6.07, 6.45) is 0. The molecule has 0 spiro atoms. The molecule has 0 aliphatic carbocycles. The van der Waals surface area contributed by atoms with Crippen LogP contribution in [0.25, 0.3) is 11.3 Å². The molecule has 16 heteroatoms. The van der Waals surface area contributed by atoms with E-state index in [-0.39, 0.29) is 51.8 Å². The Balaban J connectivity index is 0.00000353. The second-order valence-corrected chi connectivity index (χ2v) is 12.0. The number of benzene rings is 1. The minimum atomic E-state index is -1.44. The number of nitrogens with zero attached hydrogens (tertiary/aromatic N) is 4. The molecule has 2 atom stereocenters. The monoisotopic (exact) mass is 610 g/mol. The van der Waals surface area contributed by atoms with E-state index in [1.165, 1.54) is 46.9 Å². The minimum Gasteiger partial charge on any atom is -0.543 e. The van der Waals surface area contributed by atoms with E-state index < -0.39 is 29.2 Å². The molecule has 3 aromatic rings. The summed E-state index contributed by atoms with van der Waals surface area (Å²) in [6, 6.07) is 8.81. The molecule has 39 heavy (non-hydrogen) atoms. The number of carboxylic acids is 1. The molecular formula is C23H19N6NaO5S4. The summed E-state index contributed by atoms with van der Waals surface area (Å²) in [7, 11) is 1.28. The number of thiazole rings is 2. The van der Waals surface area contributed by atoms with Crippen LogP contribution in [-0.4, -0.2) is 68.4 Å². The van der Waals surface area contributed by atoms with Gasteiger partial charge in [0, 0.05) is 27.8 Å². The van der Waals surface area contributed by atoms with Crippen molar-refractivity contribution in [3.63, 3.8) is 0 Å². The van der Waals surface area contributed by atoms with Crippen LogP contribution in [-0.2, 0) is 19.2 Å². The van der Waals surface area contributed by atoms with Crippen LogP contribution >= 0.6 is 46.2 Å². The van der Waals surface area contributed by atoms with Crippen molar-refractivity contribution in [2.45, 2.75) is 15.8 Å². The number of β-lactam (4-membered cyclic amide) rings is 1. The van der Waals surface area contributed by atoms with Gasteiger partial charge in [-0.05, 0) is 5.57 Å². The van der Waals surface area contributed by atoms with Gasteiger partial charge in [-0.25, -0.2) is 9.97 Å². The first-order valence-corrected chi connectivity index (χ1v) is 14.8. The van der Waals surface area contributed by atoms with E-state index in [1.54, 1.807) is 5.38 Å². The Hall–Kier alpha value is -2.40. The fourth-order valence-electron chi connectivity index (χ4n) is 3.90. The van der Waals surface area contributed by atoms with Crippen molar-refractivity contribution in [3.8, 4) is 11.3 Å². The summed E-state index contributed by atoms with van der Waals surface area (Å²) in [5, 5.41) is 21.6. The predicted molar refractivity (Wildman–Crippen MR) is 145 cm³/mol. The number of nitrogens with one attached hydrogen (secondary N) is 1. The number of aromatic nitrogens is 2. The molecule has 2 aliphatic heterocycles. The summed E-state index contributed by atoms with van der Waals surface area (Å²) in [4.78, 5) is 52.6. The number of carboxylic acid groups (broad SMARTS) is 1. The van der Waals surface area contributed by atoms with Crippen molar-refractivity contribution in [2.24, 2.45) is 5.16 Å². The molecule has 0 saturated carbocycles. The first-order valence-electron chi connectivity index (χ1n) is 11.0. The van der Waals surface area contributed by atoms with Gasteiger partial charge in [-0.2, -0.15) is 0 Å². The summed E-state index contributed by atoms with van der Waals surface area (Å²) in [5.74, 6) is -1.98. The number of nitrogens with two attached hydrogens (primary N) is 1. The molecule has 1 fully saturated rings. The number of oxime groups is 1. The van der Waals surface area contributed by atoms with Crippen molar-refractivity contribution in [2.75, 3.05) is 24.3 Å². The summed E-state index contributed by atoms with van der Waals surface area (Å²) in [5.41, 5.74) is 7.96. The van der Waals surface area contributed by atoms with Crippen LogP contribution < -0.4 is 45.7 Å². The predicted octanol–water partition coefficient (Wildman–Crippen LogP) is -1.60. The zero-order chi connectivity index (χ0) is 26.8. The van der Waals surface area contributed by atoms with E-state index in [4.69, 9.17) is 10.6 Å². The maximum atomic E-state index is 13.0. The topological polar surface area (TPSA) is 163 Å². The van der Waals surface area contributed by atoms with Crippen molar-refractivity contribution in [3.05, 3.63) is 58.1 Å². The largest absolute Gasteiger partial charge is 1.00 e. The van der Waals surface area contributed by atoms with Crippen molar-refractivity contribution in [1.82, 2.24) is 20.2 Å². The molecule has 1 aromatic carbocycles. The molecule has 4 heterocycles. The Morgan fingerprint density at radius 3 is 2.69 bits per heavy atom. The number of hydrogen-bond acceptors (Lipinski definition) is 13. The number of amides is 2. The van der Waals surface area contributed by atoms with Crippen LogP contribution in [0.15, 0.2) is 61.9 Å². The Morgan fingerprint density at radius 1 is 1.26 bits per heavy atom. The normalized spacial score (nSPS) is 18.6. The molecule has 196 valence electrons. The first kappa shape index (κ1) is 29.6. The average Bonchev–Trinajstić information content (AvgIpc) is 3.58. The molecule has 0 radical (unpaired) electrons. The molecule has 2 amide bonds. The third-order valence-electron chi connectivity index (χ3n) is 5.61. The zero-order valence-electron chi connectivity index (χ0n) is 20.7. The SMILES string of the molecule is CON=C(C(=O)N[C@@H]1C(=O)N2C(C(=O)[O-])=C(CSc3nc(-c4ccccc4)cs3)CS[C@@H]12)c1csc(N)n1.[Na+]. The number of nitrogen functional groups attached to an aromatic ring is 1. The number of carbonyl (C=O) groups excluding carboxylic acids is 3. The summed E-state index contributed by atoms with van der Waals surface area (Å²) >= 11 is 5.37. The van der Waals surface area contributed by atoms with Crippen LogP contribution in [0.5, 0.6) is 0 Å². The zero-order valence-corrected chi connectivity index (χ0v) is 25.9. The molecule has 2 aliphatic rings. The number of anilines is 1. The van der Waals surface area contributed by atoms with Crippen LogP contribution in [0.3, 0.4) is 0 Å². The number of fused-ring (bicyclic) bond motifs is 1. The van der Waals surface area contributed by atoms with E-state index in [2.05, 4.69) is 20.4 Å². The molecule has 3 N–H and O–H groups in total. The number of rotatable bonds is 9. The molecule has 0 unspecified atom stereocenters. The Morgan fingerprint density at radius 2 is 2.03 bits per heavy atom. The molecule has 1 saturated heterocycles. The van der Waals surface area contributed by atoms with Crippen LogP contribution in [0.1, 0.15) is 5.69 Å². The van der Waals surface area contributed by atoms with Crippen LogP contribution in [0, 0.1) is 0 Å². The van der Waals surface area contributed by atoms with E-state index >= 15 is 0 Å². The molecule has 0 bridgehead atoms. The number of hydrogen-bond donors (Lipinski definition) is 2. The fourth-order valence-corrected chi connectivity index (χ4v) is 7.77. The average molecular weight is 611 g/mol. The second kappa shape index (κ2) is 12.8. The van der Waals surface area contributed by atoms with Crippen molar-refractivity contribution in [1.29, 1.82) is 0 Å². The van der Waals surface area contributed by atoms with Crippen LogP contribution in [0.4, 0.5) is 5.13 Å². The maximum Gasteiger partial charge on any atom is 1.00 e. The standard InChI is InChI=1S/C23H20N6O5S4.Na/c1-34-28-15(14-10-36-22(24)25-14)18(30)27-16-19(31)29-17(21(32)33)12(7-35-20(16)29)8-37-23-26-13(9-38-23)11-5-3-2-4-6-11;/h2-6,9-10,16,20H,7-8H2,1H3,(H2,24,25)(H,27,30)(H,32,33);/q;+1/p-1/t16-,20+;/m1./s1. The van der Waals surface area contributed by atoms with E-state index in [0.29, 0.717) is 17.1 Å². The minimum absolute atomic E-state index is 0. The maximum absolute atomic E-state index is 13.0. The third kappa shape index (κ3) is 6.19. The van der Waals surface area contributed by atoms with Gasteiger partial charge in [-0.1, -0.05) is 47.2 Å². The van der Waals surface area contributed by atoms with Gasteiger partial charge in [-0.15, -0.1) is 34.4 Å². The number of aliphatic carboxylic acids is 1. The van der Waals surface area contributed by atoms with Crippen LogP contribution in [0.2, 0.25) is 0 Å². The van der Waals surface area contributed by atoms with E-state index in [9.17, 15) is 19.5 Å². The van der Waals surface area contributed by atoms with E-state index in [0.717, 1.165) is 26.9 Å². The third-order valence-corrected chi connectivity index (χ3v) is 9.73. The smallest absolute Gasteiger partial charge is 0.543 e. The Labute approximate surface area is 261 Å². The quantitative estimate of drug-likeness (QED) is 0.0949. The van der Waals surface area contributed by atoms with Crippen molar-refractivity contribution < 1.29 is 53.9 Å². The van der Waals surface area contributed by atoms with E-state index in [1.807, 2.05) is 35.7 Å². The van der Waals surface area contributed by atoms with Crippen molar-refractivity contribution >= 4 is 74.8 Å². The van der Waals surface area contributed by atoms with Gasteiger partial charge >= 0.3 is 29.6 Å². The summed E-state index contributed by atoms with van der Waals surface area (Å²) < 4.78 is 0.786. The first-order chi connectivity index (χ1) is 18.4. The molecule has 11 nitrogen and oxygen atoms in total. The molecular weight excluding hydrogens is 592 g/mol. The Bertz CT molecular complexity index is 1460. The molecule has 5 rings (SSSR count). The van der Waals surface area contributed by atoms with Gasteiger partial charge in [0.25, 0.3) is 11.8 Å². The van der Waals surface area contributed by atoms with Gasteiger partial charge < -0.3 is 25.8 Å². The molecule has 2 aromatic heterocycles. The van der Waals surface area contributed by atoms with Gasteiger partial charge in [0.15, 0.2) is 15.2 Å². The fraction of sp³-hybridized carbons (Fsp3) is 0.217. The van der Waals surface area contributed by atoms with Gasteiger partial charge in [0.1, 0.15) is 24.2 Å². The van der Waals surface area contributed by atoms with Gasteiger partial charge in [0.2, 0.25) is 0 Å². The van der Waals surface area contributed by atoms with Gasteiger partial charge in [-0.3, -0.25) is 14.5 Å². The van der Waals surface area contributed by atoms with Gasteiger partial charge in [0.05, 0.1) is 17.4 Å². The summed E-state index contributed by atoms with van der Waals surface area (Å²) in [6.45, 7) is 0. The second-order valence-electron chi connectivity index (χ2n) is 7.95. The number of thioether (sulfide) groups is 2. The Kier molecular flexibility index (Phi) is 9.74. The number of carbonyl (C=O) groups is 3.